The molecular formula is C17H26N8. The van der Waals surface area contributed by atoms with Gasteiger partial charge in [0.05, 0.1) is 6.54 Å². The van der Waals surface area contributed by atoms with Gasteiger partial charge in [-0.1, -0.05) is 0 Å². The van der Waals surface area contributed by atoms with Crippen LogP contribution >= 0.6 is 0 Å². The van der Waals surface area contributed by atoms with E-state index in [4.69, 9.17) is 0 Å². The molecule has 134 valence electrons. The van der Waals surface area contributed by atoms with Gasteiger partial charge in [-0.2, -0.15) is 5.10 Å². The molecule has 0 amide bonds. The van der Waals surface area contributed by atoms with Gasteiger partial charge in [-0.25, -0.2) is 15.0 Å². The highest BCUT2D eigenvalue weighted by atomic mass is 15.3. The van der Waals surface area contributed by atoms with Crippen LogP contribution in [0.5, 0.6) is 0 Å². The van der Waals surface area contributed by atoms with E-state index in [9.17, 15) is 0 Å². The Kier molecular flexibility index (Phi) is 4.89. The third-order valence-electron chi connectivity index (χ3n) is 5.23. The van der Waals surface area contributed by atoms with Gasteiger partial charge in [0.1, 0.15) is 12.7 Å². The number of aromatic nitrogens is 5. The highest BCUT2D eigenvalue weighted by Gasteiger charge is 2.25. The quantitative estimate of drug-likeness (QED) is 0.783. The predicted molar refractivity (Wildman–Crippen MR) is 95.2 cm³/mol. The van der Waals surface area contributed by atoms with E-state index in [0.29, 0.717) is 6.04 Å². The van der Waals surface area contributed by atoms with Crippen LogP contribution in [0, 0.1) is 0 Å². The molecule has 4 rings (SSSR count). The Morgan fingerprint density at radius 1 is 1.08 bits per heavy atom. The predicted octanol–water partition coefficient (Wildman–Crippen LogP) is 0.485. The number of anilines is 1. The van der Waals surface area contributed by atoms with Gasteiger partial charge >= 0.3 is 0 Å². The summed E-state index contributed by atoms with van der Waals surface area (Å²) in [7, 11) is 2.16. The van der Waals surface area contributed by atoms with Crippen LogP contribution < -0.4 is 4.90 Å². The van der Waals surface area contributed by atoms with Crippen molar-refractivity contribution in [3.8, 4) is 0 Å². The SMILES string of the molecule is CN1CCN(c2ncc(CN3CCCC3Cn3cncn3)cn2)CC1. The van der Waals surface area contributed by atoms with E-state index in [2.05, 4.69) is 41.8 Å². The summed E-state index contributed by atoms with van der Waals surface area (Å²) in [5.74, 6) is 0.859. The van der Waals surface area contributed by atoms with Crippen LogP contribution in [-0.2, 0) is 13.1 Å². The smallest absolute Gasteiger partial charge is 0.225 e. The fraction of sp³-hybridized carbons (Fsp3) is 0.647. The average molecular weight is 342 g/mol. The van der Waals surface area contributed by atoms with E-state index in [1.54, 1.807) is 12.7 Å². The van der Waals surface area contributed by atoms with Crippen molar-refractivity contribution >= 4 is 5.95 Å². The van der Waals surface area contributed by atoms with Crippen molar-refractivity contribution in [1.82, 2.24) is 34.5 Å². The molecule has 25 heavy (non-hydrogen) atoms. The molecule has 0 bridgehead atoms. The number of likely N-dealkylation sites (N-methyl/N-ethyl adjacent to an activating group) is 1. The second kappa shape index (κ2) is 7.45. The summed E-state index contributed by atoms with van der Waals surface area (Å²) in [5.41, 5.74) is 1.18. The Hall–Kier alpha value is -2.06. The molecule has 2 aromatic heterocycles. The molecule has 0 aliphatic carbocycles. The molecule has 2 aromatic rings. The molecule has 0 radical (unpaired) electrons. The molecule has 0 saturated carbocycles. The van der Waals surface area contributed by atoms with Gasteiger partial charge in [0.25, 0.3) is 0 Å². The van der Waals surface area contributed by atoms with Crippen LogP contribution in [0.25, 0.3) is 0 Å². The Morgan fingerprint density at radius 3 is 2.60 bits per heavy atom. The lowest BCUT2D eigenvalue weighted by atomic mass is 10.2. The molecule has 2 aliphatic rings. The van der Waals surface area contributed by atoms with Crippen molar-refractivity contribution in [2.45, 2.75) is 32.0 Å². The zero-order valence-electron chi connectivity index (χ0n) is 14.8. The molecule has 0 aromatic carbocycles. The minimum atomic E-state index is 0.513. The molecule has 2 saturated heterocycles. The molecule has 2 aliphatic heterocycles. The lowest BCUT2D eigenvalue weighted by Crippen LogP contribution is -2.45. The fourth-order valence-electron chi connectivity index (χ4n) is 3.69. The van der Waals surface area contributed by atoms with Gasteiger partial charge in [-0.15, -0.1) is 0 Å². The Labute approximate surface area is 148 Å². The first-order valence-corrected chi connectivity index (χ1v) is 9.09. The molecule has 0 N–H and O–H groups in total. The molecule has 4 heterocycles. The van der Waals surface area contributed by atoms with Gasteiger partial charge in [0.15, 0.2) is 0 Å². The van der Waals surface area contributed by atoms with Crippen LogP contribution in [0.3, 0.4) is 0 Å². The van der Waals surface area contributed by atoms with Crippen LogP contribution in [0.1, 0.15) is 18.4 Å². The van der Waals surface area contributed by atoms with Crippen LogP contribution in [0.4, 0.5) is 5.95 Å². The summed E-state index contributed by atoms with van der Waals surface area (Å²) in [5, 5.41) is 4.24. The number of piperazine rings is 1. The number of hydrogen-bond donors (Lipinski definition) is 0. The van der Waals surface area contributed by atoms with Crippen LogP contribution in [0.15, 0.2) is 25.0 Å². The maximum absolute atomic E-state index is 4.61. The maximum atomic E-state index is 4.61. The molecule has 8 heteroatoms. The normalized spacial score (nSPS) is 22.6. The Bertz CT molecular complexity index is 648. The topological polar surface area (TPSA) is 66.2 Å². The largest absolute Gasteiger partial charge is 0.338 e. The minimum absolute atomic E-state index is 0.513. The number of likely N-dealkylation sites (tertiary alicyclic amines) is 1. The van der Waals surface area contributed by atoms with Crippen LogP contribution in [-0.4, -0.2) is 80.3 Å². The zero-order valence-corrected chi connectivity index (χ0v) is 14.8. The number of rotatable bonds is 5. The van der Waals surface area contributed by atoms with Crippen molar-refractivity contribution in [2.75, 3.05) is 44.7 Å². The van der Waals surface area contributed by atoms with E-state index in [1.165, 1.54) is 18.4 Å². The maximum Gasteiger partial charge on any atom is 0.225 e. The van der Waals surface area contributed by atoms with Gasteiger partial charge in [0.2, 0.25) is 5.95 Å². The van der Waals surface area contributed by atoms with Crippen molar-refractivity contribution in [2.24, 2.45) is 0 Å². The highest BCUT2D eigenvalue weighted by Crippen LogP contribution is 2.21. The van der Waals surface area contributed by atoms with E-state index in [0.717, 1.165) is 51.8 Å². The fourth-order valence-corrected chi connectivity index (χ4v) is 3.69. The summed E-state index contributed by atoms with van der Waals surface area (Å²) in [4.78, 5) is 20.4. The van der Waals surface area contributed by atoms with E-state index in [-0.39, 0.29) is 0 Å². The third-order valence-corrected chi connectivity index (χ3v) is 5.23. The zero-order chi connectivity index (χ0) is 17.1. The number of nitrogens with zero attached hydrogens (tertiary/aromatic N) is 8. The summed E-state index contributed by atoms with van der Waals surface area (Å²) in [6.07, 6.45) is 9.82. The van der Waals surface area contributed by atoms with Gasteiger partial charge in [-0.3, -0.25) is 9.58 Å². The average Bonchev–Trinajstić information content (AvgIpc) is 3.30. The van der Waals surface area contributed by atoms with E-state index < -0.39 is 0 Å². The summed E-state index contributed by atoms with van der Waals surface area (Å²) < 4.78 is 1.93. The molecule has 1 unspecified atom stereocenters. The van der Waals surface area contributed by atoms with E-state index >= 15 is 0 Å². The van der Waals surface area contributed by atoms with Gasteiger partial charge < -0.3 is 9.80 Å². The minimum Gasteiger partial charge on any atom is -0.338 e. The standard InChI is InChI=1S/C17H26N8/c1-22-5-7-23(8-6-22)17-19-9-15(10-20-17)11-24-4-2-3-16(24)12-25-14-18-13-21-25/h9-10,13-14,16H,2-8,11-12H2,1H3. The molecular weight excluding hydrogens is 316 g/mol. The van der Waals surface area contributed by atoms with Crippen LogP contribution in [0.2, 0.25) is 0 Å². The Balaban J connectivity index is 1.35. The van der Waals surface area contributed by atoms with Crippen molar-refractivity contribution in [1.29, 1.82) is 0 Å². The first-order chi connectivity index (χ1) is 12.3. The van der Waals surface area contributed by atoms with Crippen molar-refractivity contribution in [3.63, 3.8) is 0 Å². The monoisotopic (exact) mass is 342 g/mol. The van der Waals surface area contributed by atoms with Crippen molar-refractivity contribution in [3.05, 3.63) is 30.6 Å². The Morgan fingerprint density at radius 2 is 1.88 bits per heavy atom. The second-order valence-electron chi connectivity index (χ2n) is 7.07. The molecule has 8 nitrogen and oxygen atoms in total. The number of hydrogen-bond acceptors (Lipinski definition) is 7. The summed E-state index contributed by atoms with van der Waals surface area (Å²) in [6, 6.07) is 0.513. The van der Waals surface area contributed by atoms with Gasteiger partial charge in [-0.05, 0) is 26.4 Å². The molecule has 1 atom stereocenters. The summed E-state index contributed by atoms with van der Waals surface area (Å²) >= 11 is 0. The lowest BCUT2D eigenvalue weighted by Gasteiger charge is -2.32. The highest BCUT2D eigenvalue weighted by molar-refractivity contribution is 5.30. The van der Waals surface area contributed by atoms with Gasteiger partial charge in [0, 0.05) is 56.7 Å². The first-order valence-electron chi connectivity index (χ1n) is 9.09. The van der Waals surface area contributed by atoms with E-state index in [1.807, 2.05) is 17.1 Å². The summed E-state index contributed by atoms with van der Waals surface area (Å²) in [6.45, 7) is 7.08. The molecule has 0 spiro atoms. The second-order valence-corrected chi connectivity index (χ2v) is 7.07. The third kappa shape index (κ3) is 3.96. The van der Waals surface area contributed by atoms with Crippen molar-refractivity contribution < 1.29 is 0 Å². The molecule has 2 fully saturated rings. The lowest BCUT2D eigenvalue weighted by molar-refractivity contribution is 0.218. The first kappa shape index (κ1) is 16.4.